The normalized spacial score (nSPS) is 9.91. The Balaban J connectivity index is 1.89. The first kappa shape index (κ1) is 16.2. The molecule has 0 atom stereocenters. The van der Waals surface area contributed by atoms with E-state index in [-0.39, 0.29) is 12.5 Å². The average Bonchev–Trinajstić information content (AvgIpc) is 2.55. The second-order valence-corrected chi connectivity index (χ2v) is 5.22. The average molecular weight is 304 g/mol. The lowest BCUT2D eigenvalue weighted by Gasteiger charge is -2.16. The molecule has 1 N–H and O–H groups in total. The molecule has 0 fully saturated rings. The van der Waals surface area contributed by atoms with Crippen LogP contribution in [-0.2, 0) is 11.3 Å². The highest BCUT2D eigenvalue weighted by molar-refractivity contribution is 5.92. The minimum absolute atomic E-state index is 0.142. The lowest BCUT2D eigenvalue weighted by molar-refractivity contribution is -0.117. The van der Waals surface area contributed by atoms with Gasteiger partial charge in [-0.15, -0.1) is 0 Å². The molecular weight excluding hydrogens is 288 g/mol. The first-order valence-electron chi connectivity index (χ1n) is 7.08. The number of likely N-dealkylation sites (N-methyl/N-ethyl adjacent to an activating group) is 1. The van der Waals surface area contributed by atoms with E-state index in [1.807, 2.05) is 30.1 Å². The number of anilines is 1. The van der Waals surface area contributed by atoms with Crippen molar-refractivity contribution < 1.29 is 4.79 Å². The van der Waals surface area contributed by atoms with E-state index in [0.717, 1.165) is 5.56 Å². The maximum Gasteiger partial charge on any atom is 0.238 e. The fourth-order valence-electron chi connectivity index (χ4n) is 2.16. The minimum atomic E-state index is -0.142. The summed E-state index contributed by atoms with van der Waals surface area (Å²) in [6, 6.07) is 18.2. The van der Waals surface area contributed by atoms with Crippen molar-refractivity contribution in [2.24, 2.45) is 0 Å². The van der Waals surface area contributed by atoms with Gasteiger partial charge in [-0.25, -0.2) is 0 Å². The standard InChI is InChI=1S/C18H16N4O/c1-22(12-15-7-5-14(10-19)6-8-15)13-18(23)21-17-4-2-3-16(9-17)11-20/h2-9H,12-13H2,1H3,(H,21,23). The molecule has 5 nitrogen and oxygen atoms in total. The second kappa shape index (κ2) is 7.74. The number of carbonyl (C=O) groups excluding carboxylic acids is 1. The summed E-state index contributed by atoms with van der Waals surface area (Å²) in [6.45, 7) is 0.841. The molecular formula is C18H16N4O. The molecule has 0 aliphatic heterocycles. The number of nitrogens with one attached hydrogen (secondary N) is 1. The number of hydrogen-bond donors (Lipinski definition) is 1. The summed E-state index contributed by atoms with van der Waals surface area (Å²) in [4.78, 5) is 13.9. The Morgan fingerprint density at radius 1 is 1.09 bits per heavy atom. The van der Waals surface area contributed by atoms with Crippen LogP contribution in [0.15, 0.2) is 48.5 Å². The lowest BCUT2D eigenvalue weighted by atomic mass is 10.1. The van der Waals surface area contributed by atoms with Crippen LogP contribution in [0, 0.1) is 22.7 Å². The molecule has 0 unspecified atom stereocenters. The third-order valence-electron chi connectivity index (χ3n) is 3.22. The van der Waals surface area contributed by atoms with Crippen LogP contribution in [0.25, 0.3) is 0 Å². The van der Waals surface area contributed by atoms with Crippen LogP contribution in [0.5, 0.6) is 0 Å². The molecule has 0 saturated heterocycles. The summed E-state index contributed by atoms with van der Waals surface area (Å²) in [5.74, 6) is -0.142. The van der Waals surface area contributed by atoms with Gasteiger partial charge in [0.2, 0.25) is 5.91 Å². The topological polar surface area (TPSA) is 79.9 Å². The van der Waals surface area contributed by atoms with Gasteiger partial charge in [0.05, 0.1) is 29.8 Å². The zero-order valence-corrected chi connectivity index (χ0v) is 12.8. The zero-order chi connectivity index (χ0) is 16.7. The van der Waals surface area contributed by atoms with E-state index in [1.165, 1.54) is 0 Å². The van der Waals surface area contributed by atoms with Gasteiger partial charge in [-0.2, -0.15) is 10.5 Å². The van der Waals surface area contributed by atoms with Crippen molar-refractivity contribution in [2.45, 2.75) is 6.54 Å². The van der Waals surface area contributed by atoms with E-state index in [0.29, 0.717) is 23.4 Å². The van der Waals surface area contributed by atoms with Gasteiger partial charge in [0, 0.05) is 12.2 Å². The van der Waals surface area contributed by atoms with Gasteiger partial charge >= 0.3 is 0 Å². The lowest BCUT2D eigenvalue weighted by Crippen LogP contribution is -2.29. The van der Waals surface area contributed by atoms with E-state index in [9.17, 15) is 4.79 Å². The van der Waals surface area contributed by atoms with Crippen LogP contribution in [0.1, 0.15) is 16.7 Å². The van der Waals surface area contributed by atoms with Gasteiger partial charge in [-0.1, -0.05) is 18.2 Å². The van der Waals surface area contributed by atoms with Crippen LogP contribution in [-0.4, -0.2) is 24.4 Å². The SMILES string of the molecule is CN(CC(=O)Nc1cccc(C#N)c1)Cc1ccc(C#N)cc1. The van der Waals surface area contributed by atoms with Gasteiger partial charge in [0.25, 0.3) is 0 Å². The zero-order valence-electron chi connectivity index (χ0n) is 12.8. The van der Waals surface area contributed by atoms with Crippen LogP contribution in [0.2, 0.25) is 0 Å². The Bertz CT molecular complexity index is 769. The van der Waals surface area contributed by atoms with Crippen molar-refractivity contribution in [3.63, 3.8) is 0 Å². The van der Waals surface area contributed by atoms with Gasteiger partial charge < -0.3 is 5.32 Å². The number of nitrogens with zero attached hydrogens (tertiary/aromatic N) is 3. The highest BCUT2D eigenvalue weighted by atomic mass is 16.2. The second-order valence-electron chi connectivity index (χ2n) is 5.22. The molecule has 2 aromatic carbocycles. The summed E-state index contributed by atoms with van der Waals surface area (Å²) in [6.07, 6.45) is 0. The van der Waals surface area contributed by atoms with E-state index in [4.69, 9.17) is 10.5 Å². The molecule has 23 heavy (non-hydrogen) atoms. The Hall–Kier alpha value is -3.15. The van der Waals surface area contributed by atoms with Gasteiger partial charge in [-0.05, 0) is 42.9 Å². The first-order chi connectivity index (χ1) is 11.1. The predicted octanol–water partition coefficient (Wildman–Crippen LogP) is 2.50. The van der Waals surface area contributed by atoms with Crippen LogP contribution < -0.4 is 5.32 Å². The quantitative estimate of drug-likeness (QED) is 0.920. The maximum atomic E-state index is 12.0. The van der Waals surface area contributed by atoms with Crippen molar-refractivity contribution in [3.8, 4) is 12.1 Å². The largest absolute Gasteiger partial charge is 0.325 e. The maximum absolute atomic E-state index is 12.0. The molecule has 0 radical (unpaired) electrons. The minimum Gasteiger partial charge on any atom is -0.325 e. The van der Waals surface area contributed by atoms with Crippen molar-refractivity contribution in [3.05, 3.63) is 65.2 Å². The van der Waals surface area contributed by atoms with Gasteiger partial charge in [0.1, 0.15) is 0 Å². The van der Waals surface area contributed by atoms with Crippen LogP contribution in [0.3, 0.4) is 0 Å². The number of rotatable bonds is 5. The van der Waals surface area contributed by atoms with E-state index < -0.39 is 0 Å². The molecule has 0 aromatic heterocycles. The summed E-state index contributed by atoms with van der Waals surface area (Å²) < 4.78 is 0. The number of hydrogen-bond acceptors (Lipinski definition) is 4. The van der Waals surface area contributed by atoms with Gasteiger partial charge in [-0.3, -0.25) is 9.69 Å². The number of carbonyl (C=O) groups is 1. The molecule has 0 aliphatic rings. The van der Waals surface area contributed by atoms with Crippen molar-refractivity contribution in [1.82, 2.24) is 4.90 Å². The molecule has 1 amide bonds. The molecule has 0 bridgehead atoms. The van der Waals surface area contributed by atoms with E-state index in [2.05, 4.69) is 11.4 Å². The Kier molecular flexibility index (Phi) is 5.46. The molecule has 0 saturated carbocycles. The smallest absolute Gasteiger partial charge is 0.238 e. The highest BCUT2D eigenvalue weighted by Crippen LogP contribution is 2.10. The summed E-state index contributed by atoms with van der Waals surface area (Å²) in [5.41, 5.74) is 2.77. The highest BCUT2D eigenvalue weighted by Gasteiger charge is 2.08. The summed E-state index contributed by atoms with van der Waals surface area (Å²) in [5, 5.41) is 20.4. The third-order valence-corrected chi connectivity index (χ3v) is 3.22. The summed E-state index contributed by atoms with van der Waals surface area (Å²) >= 11 is 0. The molecule has 114 valence electrons. The Morgan fingerprint density at radius 2 is 1.78 bits per heavy atom. The van der Waals surface area contributed by atoms with Crippen LogP contribution >= 0.6 is 0 Å². The Labute approximate surface area is 135 Å². The van der Waals surface area contributed by atoms with Crippen LogP contribution in [0.4, 0.5) is 5.69 Å². The number of amides is 1. The third kappa shape index (κ3) is 4.96. The van der Waals surface area contributed by atoms with E-state index >= 15 is 0 Å². The molecule has 0 heterocycles. The monoisotopic (exact) mass is 304 g/mol. The van der Waals surface area contributed by atoms with Crippen molar-refractivity contribution in [2.75, 3.05) is 18.9 Å². The fraction of sp³-hybridized carbons (Fsp3) is 0.167. The first-order valence-corrected chi connectivity index (χ1v) is 7.08. The van der Waals surface area contributed by atoms with Crippen molar-refractivity contribution in [1.29, 1.82) is 10.5 Å². The number of nitriles is 2. The molecule has 0 aliphatic carbocycles. The predicted molar refractivity (Wildman–Crippen MR) is 87.3 cm³/mol. The molecule has 2 aromatic rings. The van der Waals surface area contributed by atoms with Crippen molar-refractivity contribution >= 4 is 11.6 Å². The Morgan fingerprint density at radius 3 is 2.43 bits per heavy atom. The molecule has 2 rings (SSSR count). The van der Waals surface area contributed by atoms with E-state index in [1.54, 1.807) is 36.4 Å². The molecule has 5 heteroatoms. The van der Waals surface area contributed by atoms with Gasteiger partial charge in [0.15, 0.2) is 0 Å². The fourth-order valence-corrected chi connectivity index (χ4v) is 2.16. The number of benzene rings is 2. The summed E-state index contributed by atoms with van der Waals surface area (Å²) in [7, 11) is 1.85. The molecule has 0 spiro atoms.